The van der Waals surface area contributed by atoms with Crippen molar-refractivity contribution in [2.75, 3.05) is 5.32 Å². The zero-order valence-corrected chi connectivity index (χ0v) is 15.6. The second kappa shape index (κ2) is 6.50. The maximum absolute atomic E-state index is 13.1. The van der Waals surface area contributed by atoms with Crippen LogP contribution in [0.15, 0.2) is 48.5 Å². The molecule has 0 saturated carbocycles. The highest BCUT2D eigenvalue weighted by Gasteiger charge is 2.36. The summed E-state index contributed by atoms with van der Waals surface area (Å²) in [7, 11) is 0. The number of nitrogens with one attached hydrogen (secondary N) is 1. The lowest BCUT2D eigenvalue weighted by Gasteiger charge is -2.23. The summed E-state index contributed by atoms with van der Waals surface area (Å²) in [4.78, 5) is 25.5. The van der Waals surface area contributed by atoms with E-state index in [0.717, 1.165) is 28.1 Å². The van der Waals surface area contributed by atoms with Crippen molar-refractivity contribution >= 4 is 17.5 Å². The molecule has 0 saturated heterocycles. The van der Waals surface area contributed by atoms with Crippen LogP contribution >= 0.6 is 0 Å². The molecular formula is C22H21N3O2. The molecule has 1 aliphatic heterocycles. The summed E-state index contributed by atoms with van der Waals surface area (Å²) >= 11 is 0. The molecule has 0 aliphatic carbocycles. The van der Waals surface area contributed by atoms with Crippen LogP contribution in [0.1, 0.15) is 45.1 Å². The third-order valence-corrected chi connectivity index (χ3v) is 5.03. The predicted molar refractivity (Wildman–Crippen MR) is 105 cm³/mol. The Morgan fingerprint density at radius 3 is 2.22 bits per heavy atom. The van der Waals surface area contributed by atoms with Crippen LogP contribution in [0.2, 0.25) is 0 Å². The fraction of sp³-hybridized carbons (Fsp3) is 0.227. The number of hydrogen-bond acceptors (Lipinski definition) is 3. The van der Waals surface area contributed by atoms with E-state index in [-0.39, 0.29) is 18.1 Å². The second-order valence-corrected chi connectivity index (χ2v) is 7.13. The van der Waals surface area contributed by atoms with Gasteiger partial charge in [0.05, 0.1) is 17.3 Å². The molecule has 5 nitrogen and oxygen atoms in total. The van der Waals surface area contributed by atoms with Gasteiger partial charge in [0.1, 0.15) is 5.82 Å². The number of hydrogen-bond donors (Lipinski definition) is 1. The van der Waals surface area contributed by atoms with Gasteiger partial charge >= 0.3 is 0 Å². The number of Topliss-reactive ketones (excluding diaryl/α,β-unsaturated/α-hetero) is 1. The average Bonchev–Trinajstić information content (AvgIpc) is 2.98. The molecular weight excluding hydrogens is 338 g/mol. The van der Waals surface area contributed by atoms with Gasteiger partial charge in [-0.05, 0) is 32.9 Å². The van der Waals surface area contributed by atoms with Crippen LogP contribution in [0.25, 0.3) is 5.69 Å². The van der Waals surface area contributed by atoms with Crippen molar-refractivity contribution in [3.8, 4) is 5.69 Å². The molecule has 27 heavy (non-hydrogen) atoms. The number of ketones is 1. The molecule has 1 aliphatic rings. The Kier molecular flexibility index (Phi) is 4.15. The molecule has 1 atom stereocenters. The summed E-state index contributed by atoms with van der Waals surface area (Å²) < 4.78 is 1.72. The normalized spacial score (nSPS) is 16.0. The van der Waals surface area contributed by atoms with Crippen molar-refractivity contribution in [1.29, 1.82) is 0 Å². The molecule has 3 aromatic rings. The number of aromatic nitrogens is 2. The Morgan fingerprint density at radius 2 is 1.59 bits per heavy atom. The number of fused-ring (bicyclic) bond motifs is 1. The van der Waals surface area contributed by atoms with Gasteiger partial charge in [-0.15, -0.1) is 0 Å². The lowest BCUT2D eigenvalue weighted by atomic mass is 9.85. The van der Waals surface area contributed by atoms with Crippen LogP contribution in [-0.4, -0.2) is 21.5 Å². The monoisotopic (exact) mass is 359 g/mol. The van der Waals surface area contributed by atoms with E-state index in [0.29, 0.717) is 11.4 Å². The van der Waals surface area contributed by atoms with Crippen molar-refractivity contribution in [3.05, 3.63) is 76.5 Å². The molecule has 1 amide bonds. The lowest BCUT2D eigenvalue weighted by molar-refractivity contribution is -0.116. The molecule has 4 rings (SSSR count). The quantitative estimate of drug-likeness (QED) is 0.716. The van der Waals surface area contributed by atoms with E-state index >= 15 is 0 Å². The van der Waals surface area contributed by atoms with E-state index in [9.17, 15) is 9.59 Å². The standard InChI is InChI=1S/C22H21N3O2/c1-13-4-8-16(9-5-13)21(27)18-12-19(26)23-22-20(18)15(3)24-25(22)17-10-6-14(2)7-11-17/h4-11,18H,12H2,1-3H3,(H,23,26). The van der Waals surface area contributed by atoms with Crippen molar-refractivity contribution in [2.45, 2.75) is 33.1 Å². The predicted octanol–water partition coefficient (Wildman–Crippen LogP) is 4.11. The van der Waals surface area contributed by atoms with Gasteiger partial charge in [-0.3, -0.25) is 9.59 Å². The van der Waals surface area contributed by atoms with Crippen LogP contribution in [0, 0.1) is 20.8 Å². The van der Waals surface area contributed by atoms with E-state index < -0.39 is 5.92 Å². The van der Waals surface area contributed by atoms with Crippen molar-refractivity contribution < 1.29 is 9.59 Å². The highest BCUT2D eigenvalue weighted by atomic mass is 16.2. The number of aryl methyl sites for hydroxylation is 3. The van der Waals surface area contributed by atoms with E-state index in [4.69, 9.17) is 0 Å². The maximum Gasteiger partial charge on any atom is 0.226 e. The Morgan fingerprint density at radius 1 is 1.00 bits per heavy atom. The minimum Gasteiger partial charge on any atom is -0.310 e. The highest BCUT2D eigenvalue weighted by molar-refractivity contribution is 6.08. The molecule has 1 unspecified atom stereocenters. The van der Waals surface area contributed by atoms with Crippen molar-refractivity contribution in [3.63, 3.8) is 0 Å². The molecule has 136 valence electrons. The summed E-state index contributed by atoms with van der Waals surface area (Å²) in [6, 6.07) is 15.4. The Bertz CT molecular complexity index is 1030. The number of benzene rings is 2. The van der Waals surface area contributed by atoms with Gasteiger partial charge in [-0.1, -0.05) is 47.5 Å². The Hall–Kier alpha value is -3.21. The van der Waals surface area contributed by atoms with Crippen LogP contribution in [0.4, 0.5) is 5.82 Å². The first-order chi connectivity index (χ1) is 12.9. The van der Waals surface area contributed by atoms with Crippen molar-refractivity contribution in [1.82, 2.24) is 9.78 Å². The van der Waals surface area contributed by atoms with Crippen LogP contribution in [0.3, 0.4) is 0 Å². The van der Waals surface area contributed by atoms with Gasteiger partial charge in [0.2, 0.25) is 5.91 Å². The summed E-state index contributed by atoms with van der Waals surface area (Å²) in [6.07, 6.45) is 0.139. The number of anilines is 1. The highest BCUT2D eigenvalue weighted by Crippen LogP contribution is 2.38. The smallest absolute Gasteiger partial charge is 0.226 e. The summed E-state index contributed by atoms with van der Waals surface area (Å²) in [6.45, 7) is 5.89. The SMILES string of the molecule is Cc1ccc(C(=O)C2CC(=O)Nc3c2c(C)nn3-c2ccc(C)cc2)cc1. The lowest BCUT2D eigenvalue weighted by Crippen LogP contribution is -2.28. The van der Waals surface area contributed by atoms with Crippen LogP contribution in [0.5, 0.6) is 0 Å². The number of amides is 1. The van der Waals surface area contributed by atoms with Gasteiger partial charge in [-0.25, -0.2) is 4.68 Å². The summed E-state index contributed by atoms with van der Waals surface area (Å²) in [5, 5.41) is 7.53. The minimum absolute atomic E-state index is 0.0438. The minimum atomic E-state index is -0.518. The van der Waals surface area contributed by atoms with Gasteiger partial charge in [0.25, 0.3) is 0 Å². The molecule has 1 N–H and O–H groups in total. The third kappa shape index (κ3) is 3.05. The largest absolute Gasteiger partial charge is 0.310 e. The zero-order valence-electron chi connectivity index (χ0n) is 15.6. The molecule has 0 bridgehead atoms. The summed E-state index contributed by atoms with van der Waals surface area (Å²) in [5.41, 5.74) is 5.28. The maximum atomic E-state index is 13.1. The summed E-state index contributed by atoms with van der Waals surface area (Å²) in [5.74, 6) is -0.132. The van der Waals surface area contributed by atoms with E-state index in [1.54, 1.807) is 4.68 Å². The molecule has 5 heteroatoms. The van der Waals surface area contributed by atoms with E-state index in [1.165, 1.54) is 0 Å². The number of carbonyl (C=O) groups excluding carboxylic acids is 2. The van der Waals surface area contributed by atoms with Gasteiger partial charge in [0.15, 0.2) is 5.78 Å². The average molecular weight is 359 g/mol. The van der Waals surface area contributed by atoms with Crippen LogP contribution < -0.4 is 5.32 Å². The fourth-order valence-electron chi connectivity index (χ4n) is 3.56. The number of rotatable bonds is 3. The first-order valence-electron chi connectivity index (χ1n) is 9.01. The first-order valence-corrected chi connectivity index (χ1v) is 9.01. The molecule has 0 radical (unpaired) electrons. The Labute approximate surface area is 158 Å². The zero-order chi connectivity index (χ0) is 19.1. The van der Waals surface area contributed by atoms with Gasteiger partial charge in [-0.2, -0.15) is 5.10 Å². The van der Waals surface area contributed by atoms with Crippen LogP contribution in [-0.2, 0) is 4.79 Å². The van der Waals surface area contributed by atoms with E-state index in [2.05, 4.69) is 10.4 Å². The van der Waals surface area contributed by atoms with Gasteiger partial charge in [0, 0.05) is 17.5 Å². The fourth-order valence-corrected chi connectivity index (χ4v) is 3.56. The number of nitrogens with zero attached hydrogens (tertiary/aromatic N) is 2. The topological polar surface area (TPSA) is 64.0 Å². The molecule has 2 aromatic carbocycles. The first kappa shape index (κ1) is 17.2. The second-order valence-electron chi connectivity index (χ2n) is 7.13. The molecule has 0 fully saturated rings. The number of carbonyl (C=O) groups is 2. The third-order valence-electron chi connectivity index (χ3n) is 5.03. The van der Waals surface area contributed by atoms with Gasteiger partial charge < -0.3 is 5.32 Å². The molecule has 2 heterocycles. The van der Waals surface area contributed by atoms with E-state index in [1.807, 2.05) is 69.3 Å². The Balaban J connectivity index is 1.80. The van der Waals surface area contributed by atoms with Crippen molar-refractivity contribution in [2.24, 2.45) is 0 Å². The molecule has 0 spiro atoms. The molecule has 1 aromatic heterocycles.